The van der Waals surface area contributed by atoms with Crippen LogP contribution >= 0.6 is 0 Å². The van der Waals surface area contributed by atoms with Crippen molar-refractivity contribution in [3.63, 3.8) is 0 Å². The van der Waals surface area contributed by atoms with E-state index < -0.39 is 11.7 Å². The fraction of sp³-hybridized carbons (Fsp3) is 0.423. The molecule has 7 nitrogen and oxygen atoms in total. The molecule has 33 heavy (non-hydrogen) atoms. The highest BCUT2D eigenvalue weighted by Crippen LogP contribution is 2.26. The number of aryl methyl sites for hydroxylation is 2. The number of hydrogen-bond donors (Lipinski definition) is 2. The van der Waals surface area contributed by atoms with E-state index in [9.17, 15) is 10.2 Å². The molecule has 1 fully saturated rings. The van der Waals surface area contributed by atoms with E-state index in [2.05, 4.69) is 20.5 Å². The summed E-state index contributed by atoms with van der Waals surface area (Å²) in [6.07, 6.45) is 3.41. The van der Waals surface area contributed by atoms with Crippen molar-refractivity contribution < 1.29 is 19.7 Å². The largest absolute Gasteiger partial charge is 0.492 e. The fourth-order valence-electron chi connectivity index (χ4n) is 4.23. The van der Waals surface area contributed by atoms with Gasteiger partial charge in [0.05, 0.1) is 12.6 Å². The highest BCUT2D eigenvalue weighted by Gasteiger charge is 2.42. The number of likely N-dealkylation sites (tertiary alicyclic amines) is 1. The molecule has 1 aliphatic heterocycles. The van der Waals surface area contributed by atoms with Gasteiger partial charge >= 0.3 is 0 Å². The first-order valence-electron chi connectivity index (χ1n) is 11.4. The van der Waals surface area contributed by atoms with Crippen molar-refractivity contribution in [3.8, 4) is 11.5 Å². The van der Waals surface area contributed by atoms with E-state index in [1.807, 2.05) is 62.5 Å². The predicted octanol–water partition coefficient (Wildman–Crippen LogP) is 2.96. The maximum atomic E-state index is 11.2. The summed E-state index contributed by atoms with van der Waals surface area (Å²) in [7, 11) is 0. The van der Waals surface area contributed by atoms with Crippen LogP contribution in [-0.2, 0) is 13.1 Å². The Hall–Kier alpha value is -2.87. The second kappa shape index (κ2) is 10.4. The van der Waals surface area contributed by atoms with Crippen LogP contribution in [0.3, 0.4) is 0 Å². The molecule has 1 saturated heterocycles. The van der Waals surface area contributed by atoms with E-state index >= 15 is 0 Å². The van der Waals surface area contributed by atoms with E-state index in [-0.39, 0.29) is 6.61 Å². The van der Waals surface area contributed by atoms with Crippen LogP contribution < -0.4 is 9.47 Å². The van der Waals surface area contributed by atoms with Crippen LogP contribution in [-0.4, -0.2) is 62.7 Å². The van der Waals surface area contributed by atoms with Crippen LogP contribution in [0.15, 0.2) is 60.9 Å². The molecule has 0 radical (unpaired) electrons. The minimum Gasteiger partial charge on any atom is -0.492 e. The van der Waals surface area contributed by atoms with Crippen molar-refractivity contribution in [2.75, 3.05) is 26.3 Å². The van der Waals surface area contributed by atoms with Crippen LogP contribution in [0, 0.1) is 13.8 Å². The van der Waals surface area contributed by atoms with Gasteiger partial charge in [0.1, 0.15) is 36.1 Å². The molecule has 4 rings (SSSR count). The molecule has 7 heteroatoms. The molecule has 2 aromatic carbocycles. The summed E-state index contributed by atoms with van der Waals surface area (Å²) in [6.45, 7) is 7.03. The molecule has 2 heterocycles. The topological polar surface area (TPSA) is 80.0 Å². The van der Waals surface area contributed by atoms with Gasteiger partial charge in [0.25, 0.3) is 0 Å². The molecule has 1 aliphatic rings. The highest BCUT2D eigenvalue weighted by molar-refractivity contribution is 5.29. The van der Waals surface area contributed by atoms with Gasteiger partial charge in [-0.05, 0) is 55.7 Å². The van der Waals surface area contributed by atoms with Gasteiger partial charge in [-0.15, -0.1) is 0 Å². The van der Waals surface area contributed by atoms with Gasteiger partial charge in [0.2, 0.25) is 0 Å². The van der Waals surface area contributed by atoms with Crippen LogP contribution in [0.5, 0.6) is 11.5 Å². The first-order chi connectivity index (χ1) is 15.9. The lowest BCUT2D eigenvalue weighted by Crippen LogP contribution is -2.59. The zero-order valence-electron chi connectivity index (χ0n) is 19.4. The molecule has 0 amide bonds. The number of hydrogen-bond acceptors (Lipinski definition) is 6. The van der Waals surface area contributed by atoms with Crippen molar-refractivity contribution in [1.29, 1.82) is 0 Å². The lowest BCUT2D eigenvalue weighted by Gasteiger charge is -2.42. The Morgan fingerprint density at radius 1 is 1.09 bits per heavy atom. The molecule has 3 aromatic rings. The molecule has 0 spiro atoms. The zero-order valence-corrected chi connectivity index (χ0v) is 19.4. The van der Waals surface area contributed by atoms with Gasteiger partial charge in [-0.3, -0.25) is 4.90 Å². The second-order valence-corrected chi connectivity index (χ2v) is 8.89. The van der Waals surface area contributed by atoms with E-state index in [1.165, 1.54) is 0 Å². The average Bonchev–Trinajstić information content (AvgIpc) is 3.20. The number of aliphatic hydroxyl groups excluding tert-OH is 1. The number of rotatable bonds is 9. The smallest absolute Gasteiger partial charge is 0.137 e. The summed E-state index contributed by atoms with van der Waals surface area (Å²) in [5, 5.41) is 21.7. The average molecular weight is 452 g/mol. The first-order valence-corrected chi connectivity index (χ1v) is 11.4. The maximum absolute atomic E-state index is 11.2. The van der Waals surface area contributed by atoms with Crippen molar-refractivity contribution in [3.05, 3.63) is 77.9 Å². The third-order valence-corrected chi connectivity index (χ3v) is 6.14. The van der Waals surface area contributed by atoms with E-state index in [1.54, 1.807) is 6.20 Å². The molecule has 1 aromatic heterocycles. The number of β-amino-alcohol motifs (C(OH)–C–C–N with tert-alkyl or cyclic N) is 1. The lowest BCUT2D eigenvalue weighted by molar-refractivity contribution is -0.140. The van der Waals surface area contributed by atoms with Crippen LogP contribution in [0.1, 0.15) is 23.4 Å². The molecule has 0 aliphatic carbocycles. The van der Waals surface area contributed by atoms with Gasteiger partial charge in [0.15, 0.2) is 0 Å². The number of aliphatic hydroxyl groups is 2. The van der Waals surface area contributed by atoms with Crippen LogP contribution in [0.2, 0.25) is 0 Å². The van der Waals surface area contributed by atoms with Crippen LogP contribution in [0.25, 0.3) is 0 Å². The number of imidazole rings is 1. The Kier molecular flexibility index (Phi) is 7.33. The van der Waals surface area contributed by atoms with Crippen molar-refractivity contribution >= 4 is 0 Å². The van der Waals surface area contributed by atoms with Gasteiger partial charge in [-0.25, -0.2) is 4.98 Å². The third kappa shape index (κ3) is 6.13. The molecule has 0 bridgehead atoms. The maximum Gasteiger partial charge on any atom is 0.137 e. The standard InChI is InChI=1S/C26H33N3O4/c1-20-5-3-7-23(15-20)33-19-26(31)18-28(11-9-25(26)30)17-22-6-4-8-24(16-22)32-14-13-29-12-10-27-21(29)2/h3-8,10,12,15-16,25,30-31H,9,11,13-14,17-19H2,1-2H3/t25-,26-/m0/s1. The monoisotopic (exact) mass is 451 g/mol. The molecule has 2 N–H and O–H groups in total. The molecule has 0 saturated carbocycles. The van der Waals surface area contributed by atoms with Gasteiger partial charge < -0.3 is 24.3 Å². The Labute approximate surface area is 195 Å². The minimum atomic E-state index is -1.32. The van der Waals surface area contributed by atoms with E-state index in [0.29, 0.717) is 38.4 Å². The van der Waals surface area contributed by atoms with Gasteiger partial charge in [0, 0.05) is 32.0 Å². The Morgan fingerprint density at radius 3 is 2.64 bits per heavy atom. The van der Waals surface area contributed by atoms with E-state index in [4.69, 9.17) is 9.47 Å². The molecule has 0 unspecified atom stereocenters. The number of ether oxygens (including phenoxy) is 2. The zero-order chi connectivity index (χ0) is 23.3. The number of benzene rings is 2. The van der Waals surface area contributed by atoms with Crippen molar-refractivity contribution in [2.24, 2.45) is 0 Å². The summed E-state index contributed by atoms with van der Waals surface area (Å²) in [5.41, 5.74) is 0.871. The number of aromatic nitrogens is 2. The second-order valence-electron chi connectivity index (χ2n) is 8.89. The predicted molar refractivity (Wildman–Crippen MR) is 126 cm³/mol. The minimum absolute atomic E-state index is 0.0466. The van der Waals surface area contributed by atoms with Crippen molar-refractivity contribution in [1.82, 2.24) is 14.5 Å². The summed E-state index contributed by atoms with van der Waals surface area (Å²) in [6, 6.07) is 15.7. The van der Waals surface area contributed by atoms with Crippen LogP contribution in [0.4, 0.5) is 0 Å². The third-order valence-electron chi connectivity index (χ3n) is 6.14. The molecular formula is C26H33N3O4. The quantitative estimate of drug-likeness (QED) is 0.521. The SMILES string of the molecule is Cc1cccc(OC[C@@]2(O)CN(Cc3cccc(OCCn4ccnc4C)c3)CC[C@@H]2O)c1. The number of piperidine rings is 1. The molecular weight excluding hydrogens is 418 g/mol. The molecule has 176 valence electrons. The molecule has 2 atom stereocenters. The summed E-state index contributed by atoms with van der Waals surface area (Å²) in [4.78, 5) is 6.38. The number of nitrogens with zero attached hydrogens (tertiary/aromatic N) is 3. The van der Waals surface area contributed by atoms with Gasteiger partial charge in [-0.1, -0.05) is 24.3 Å². The summed E-state index contributed by atoms with van der Waals surface area (Å²) >= 11 is 0. The Balaban J connectivity index is 1.32. The lowest BCUT2D eigenvalue weighted by atomic mass is 9.90. The van der Waals surface area contributed by atoms with Crippen molar-refractivity contribution in [2.45, 2.75) is 45.1 Å². The Morgan fingerprint density at radius 2 is 1.88 bits per heavy atom. The summed E-state index contributed by atoms with van der Waals surface area (Å²) in [5.74, 6) is 2.49. The normalized spacial score (nSPS) is 21.2. The Bertz CT molecular complexity index is 1050. The van der Waals surface area contributed by atoms with E-state index in [0.717, 1.165) is 29.2 Å². The first kappa shape index (κ1) is 23.3. The fourth-order valence-corrected chi connectivity index (χ4v) is 4.23. The van der Waals surface area contributed by atoms with Gasteiger partial charge in [-0.2, -0.15) is 0 Å². The highest BCUT2D eigenvalue weighted by atomic mass is 16.5. The summed E-state index contributed by atoms with van der Waals surface area (Å²) < 4.78 is 13.8.